The summed E-state index contributed by atoms with van der Waals surface area (Å²) in [5.41, 5.74) is 7.99. The summed E-state index contributed by atoms with van der Waals surface area (Å²) in [7, 11) is 1.82. The Labute approximate surface area is 150 Å². The van der Waals surface area contributed by atoms with Gasteiger partial charge in [0, 0.05) is 30.6 Å². The molecule has 1 aliphatic heterocycles. The minimum Gasteiger partial charge on any atom is -0.384 e. The van der Waals surface area contributed by atoms with Gasteiger partial charge in [0.05, 0.1) is 11.7 Å². The average Bonchev–Trinajstić information content (AvgIpc) is 3.18. The number of carbonyl (C=O) groups is 1. The molecule has 6 nitrogen and oxygen atoms in total. The molecule has 4 rings (SSSR count). The highest BCUT2D eigenvalue weighted by Crippen LogP contribution is 2.33. The molecular formula is C19H20FN5O. The predicted molar refractivity (Wildman–Crippen MR) is 97.1 cm³/mol. The maximum absolute atomic E-state index is 13.5. The van der Waals surface area contributed by atoms with Gasteiger partial charge in [-0.15, -0.1) is 0 Å². The predicted octanol–water partition coefficient (Wildman–Crippen LogP) is 2.98. The Balaban J connectivity index is 1.72. The second-order valence-corrected chi connectivity index (χ2v) is 6.71. The molecule has 1 saturated heterocycles. The second kappa shape index (κ2) is 6.09. The number of fused-ring (bicyclic) bond motifs is 1. The fourth-order valence-electron chi connectivity index (χ4n) is 3.78. The van der Waals surface area contributed by atoms with Crippen molar-refractivity contribution in [1.29, 1.82) is 0 Å². The molecule has 0 bridgehead atoms. The summed E-state index contributed by atoms with van der Waals surface area (Å²) >= 11 is 0. The zero-order chi connectivity index (χ0) is 18.4. The smallest absolute Gasteiger partial charge is 0.271 e. The van der Waals surface area contributed by atoms with Gasteiger partial charge in [-0.3, -0.25) is 4.79 Å². The van der Waals surface area contributed by atoms with Crippen LogP contribution >= 0.6 is 0 Å². The Bertz CT molecular complexity index is 992. The number of anilines is 1. The van der Waals surface area contributed by atoms with Crippen molar-refractivity contribution in [3.63, 3.8) is 0 Å². The number of nitrogens with two attached hydrogens (primary N) is 1. The SMILES string of the molecule is Cc1nc(N)cc(C2CCCN2C(=O)c2cc3cc(F)ccc3n2C)n1. The summed E-state index contributed by atoms with van der Waals surface area (Å²) in [6.07, 6.45) is 1.73. The largest absolute Gasteiger partial charge is 0.384 e. The highest BCUT2D eigenvalue weighted by atomic mass is 19.1. The number of nitrogens with zero attached hydrogens (tertiary/aromatic N) is 4. The molecule has 0 saturated carbocycles. The van der Waals surface area contributed by atoms with Crippen molar-refractivity contribution in [1.82, 2.24) is 19.4 Å². The van der Waals surface area contributed by atoms with Gasteiger partial charge in [-0.05, 0) is 44.0 Å². The summed E-state index contributed by atoms with van der Waals surface area (Å²) in [4.78, 5) is 23.6. The molecule has 0 aliphatic carbocycles. The summed E-state index contributed by atoms with van der Waals surface area (Å²) in [6.45, 7) is 2.45. The van der Waals surface area contributed by atoms with Gasteiger partial charge in [0.2, 0.25) is 0 Å². The van der Waals surface area contributed by atoms with Crippen LogP contribution in [0.25, 0.3) is 10.9 Å². The topological polar surface area (TPSA) is 77.0 Å². The maximum atomic E-state index is 13.5. The first-order valence-corrected chi connectivity index (χ1v) is 8.61. The van der Waals surface area contributed by atoms with Gasteiger partial charge in [0.1, 0.15) is 23.2 Å². The fourth-order valence-corrected chi connectivity index (χ4v) is 3.78. The molecule has 1 unspecified atom stereocenters. The number of hydrogen-bond acceptors (Lipinski definition) is 4. The molecular weight excluding hydrogens is 333 g/mol. The monoisotopic (exact) mass is 353 g/mol. The van der Waals surface area contributed by atoms with Crippen LogP contribution in [0.5, 0.6) is 0 Å². The first-order chi connectivity index (χ1) is 12.4. The maximum Gasteiger partial charge on any atom is 0.271 e. The quantitative estimate of drug-likeness (QED) is 0.768. The molecule has 2 aromatic heterocycles. The van der Waals surface area contributed by atoms with E-state index in [2.05, 4.69) is 9.97 Å². The normalized spacial score (nSPS) is 17.2. The minimum absolute atomic E-state index is 0.0820. The Kier molecular flexibility index (Phi) is 3.86. The summed E-state index contributed by atoms with van der Waals surface area (Å²) in [5, 5.41) is 0.716. The van der Waals surface area contributed by atoms with Crippen LogP contribution < -0.4 is 5.73 Å². The number of carbonyl (C=O) groups excluding carboxylic acids is 1. The van der Waals surface area contributed by atoms with Crippen LogP contribution in [0.4, 0.5) is 10.2 Å². The number of rotatable bonds is 2. The Morgan fingerprint density at radius 1 is 1.27 bits per heavy atom. The van der Waals surface area contributed by atoms with E-state index in [-0.39, 0.29) is 17.8 Å². The molecule has 0 radical (unpaired) electrons. The fraction of sp³-hybridized carbons (Fsp3) is 0.316. The lowest BCUT2D eigenvalue weighted by molar-refractivity contribution is 0.0723. The Morgan fingerprint density at radius 2 is 2.08 bits per heavy atom. The summed E-state index contributed by atoms with van der Waals surface area (Å²) in [6, 6.07) is 7.90. The first-order valence-electron chi connectivity index (χ1n) is 8.61. The summed E-state index contributed by atoms with van der Waals surface area (Å²) in [5.74, 6) is 0.612. The molecule has 7 heteroatoms. The molecule has 1 aromatic carbocycles. The molecule has 1 fully saturated rings. The minimum atomic E-state index is -0.312. The standard InChI is InChI=1S/C19H20FN5O/c1-11-22-14(10-18(21)23-11)16-4-3-7-25(16)19(26)17-9-12-8-13(20)5-6-15(12)24(17)2/h5-6,8-10,16H,3-4,7H2,1-2H3,(H2,21,22,23). The van der Waals surface area contributed by atoms with E-state index in [9.17, 15) is 9.18 Å². The molecule has 1 amide bonds. The van der Waals surface area contributed by atoms with E-state index in [1.807, 2.05) is 16.5 Å². The van der Waals surface area contributed by atoms with Gasteiger partial charge < -0.3 is 15.2 Å². The molecule has 1 atom stereocenters. The lowest BCUT2D eigenvalue weighted by atomic mass is 10.1. The van der Waals surface area contributed by atoms with Crippen molar-refractivity contribution < 1.29 is 9.18 Å². The van der Waals surface area contributed by atoms with Crippen LogP contribution in [0, 0.1) is 12.7 Å². The van der Waals surface area contributed by atoms with Crippen LogP contribution in [0.1, 0.15) is 40.9 Å². The Hall–Kier alpha value is -2.96. The van der Waals surface area contributed by atoms with E-state index >= 15 is 0 Å². The second-order valence-electron chi connectivity index (χ2n) is 6.71. The Morgan fingerprint density at radius 3 is 2.85 bits per heavy atom. The molecule has 3 heterocycles. The number of aromatic nitrogens is 3. The van der Waals surface area contributed by atoms with E-state index < -0.39 is 0 Å². The molecule has 134 valence electrons. The summed E-state index contributed by atoms with van der Waals surface area (Å²) < 4.78 is 15.3. The van der Waals surface area contributed by atoms with Crippen molar-refractivity contribution in [2.24, 2.45) is 7.05 Å². The van der Waals surface area contributed by atoms with E-state index in [1.165, 1.54) is 12.1 Å². The van der Waals surface area contributed by atoms with Crippen molar-refractivity contribution in [2.45, 2.75) is 25.8 Å². The number of nitrogen functional groups attached to an aromatic ring is 1. The number of hydrogen-bond donors (Lipinski definition) is 1. The van der Waals surface area contributed by atoms with Crippen molar-refractivity contribution in [3.05, 3.63) is 53.4 Å². The van der Waals surface area contributed by atoms with Gasteiger partial charge in [-0.1, -0.05) is 0 Å². The molecule has 3 aromatic rings. The third kappa shape index (κ3) is 2.69. The van der Waals surface area contributed by atoms with Gasteiger partial charge in [-0.2, -0.15) is 0 Å². The van der Waals surface area contributed by atoms with Crippen molar-refractivity contribution >= 4 is 22.6 Å². The zero-order valence-corrected chi connectivity index (χ0v) is 14.7. The van der Waals surface area contributed by atoms with Crippen LogP contribution in [-0.2, 0) is 7.05 Å². The molecule has 2 N–H and O–H groups in total. The van der Waals surface area contributed by atoms with E-state index in [1.54, 1.807) is 25.1 Å². The lowest BCUT2D eigenvalue weighted by Crippen LogP contribution is -2.32. The number of amides is 1. The number of benzene rings is 1. The number of halogens is 1. The third-order valence-corrected chi connectivity index (χ3v) is 4.96. The zero-order valence-electron chi connectivity index (χ0n) is 14.7. The number of aryl methyl sites for hydroxylation is 2. The van der Waals surface area contributed by atoms with Gasteiger partial charge >= 0.3 is 0 Å². The van der Waals surface area contributed by atoms with Gasteiger partial charge in [0.15, 0.2) is 0 Å². The molecule has 26 heavy (non-hydrogen) atoms. The molecule has 1 aliphatic rings. The van der Waals surface area contributed by atoms with Crippen LogP contribution in [-0.4, -0.2) is 31.9 Å². The lowest BCUT2D eigenvalue weighted by Gasteiger charge is -2.25. The number of likely N-dealkylation sites (tertiary alicyclic amines) is 1. The van der Waals surface area contributed by atoms with Gasteiger partial charge in [-0.25, -0.2) is 14.4 Å². The van der Waals surface area contributed by atoms with E-state index in [0.717, 1.165) is 24.1 Å². The molecule has 0 spiro atoms. The average molecular weight is 353 g/mol. The van der Waals surface area contributed by atoms with E-state index in [4.69, 9.17) is 5.73 Å². The van der Waals surface area contributed by atoms with Crippen molar-refractivity contribution in [3.8, 4) is 0 Å². The first kappa shape index (κ1) is 16.5. The van der Waals surface area contributed by atoms with Crippen LogP contribution in [0.3, 0.4) is 0 Å². The van der Waals surface area contributed by atoms with Crippen LogP contribution in [0.2, 0.25) is 0 Å². The highest BCUT2D eigenvalue weighted by Gasteiger charge is 2.33. The van der Waals surface area contributed by atoms with Gasteiger partial charge in [0.25, 0.3) is 5.91 Å². The van der Waals surface area contributed by atoms with Crippen LogP contribution in [0.15, 0.2) is 30.3 Å². The van der Waals surface area contributed by atoms with E-state index in [0.29, 0.717) is 29.3 Å². The third-order valence-electron chi connectivity index (χ3n) is 4.96. The van der Waals surface area contributed by atoms with Crippen molar-refractivity contribution in [2.75, 3.05) is 12.3 Å². The highest BCUT2D eigenvalue weighted by molar-refractivity contribution is 5.99.